The second-order valence-corrected chi connectivity index (χ2v) is 5.71. The first-order chi connectivity index (χ1) is 11.5. The van der Waals surface area contributed by atoms with Gasteiger partial charge in [-0.3, -0.25) is 4.79 Å². The Bertz CT molecular complexity index is 747. The van der Waals surface area contributed by atoms with Crippen LogP contribution in [0.25, 0.3) is 0 Å². The highest BCUT2D eigenvalue weighted by Gasteiger charge is 2.33. The van der Waals surface area contributed by atoms with Crippen molar-refractivity contribution in [3.63, 3.8) is 0 Å². The van der Waals surface area contributed by atoms with Gasteiger partial charge in [0, 0.05) is 24.2 Å². The SMILES string of the molecule is O=C(COc1ccccc1F)N(Cc1ccc(F)cc1F)C1CC1. The minimum atomic E-state index is -0.691. The molecule has 1 aliphatic rings. The fraction of sp³-hybridized carbons (Fsp3) is 0.278. The van der Waals surface area contributed by atoms with E-state index in [1.807, 2.05) is 0 Å². The molecule has 0 spiro atoms. The molecule has 1 saturated carbocycles. The van der Waals surface area contributed by atoms with Crippen molar-refractivity contribution in [3.05, 3.63) is 65.5 Å². The molecule has 0 aliphatic heterocycles. The van der Waals surface area contributed by atoms with Crippen molar-refractivity contribution >= 4 is 5.91 Å². The quantitative estimate of drug-likeness (QED) is 0.806. The summed E-state index contributed by atoms with van der Waals surface area (Å²) in [5, 5.41) is 0. The van der Waals surface area contributed by atoms with Gasteiger partial charge in [0.05, 0.1) is 0 Å². The highest BCUT2D eigenvalue weighted by atomic mass is 19.1. The number of ether oxygens (including phenoxy) is 1. The van der Waals surface area contributed by atoms with E-state index in [4.69, 9.17) is 4.74 Å². The number of carbonyl (C=O) groups excluding carboxylic acids is 1. The number of carbonyl (C=O) groups is 1. The highest BCUT2D eigenvalue weighted by Crippen LogP contribution is 2.29. The third-order valence-corrected chi connectivity index (χ3v) is 3.85. The molecule has 0 N–H and O–H groups in total. The summed E-state index contributed by atoms with van der Waals surface area (Å²) in [6, 6.07) is 9.10. The minimum absolute atomic E-state index is 0.00504. The first kappa shape index (κ1) is 16.4. The van der Waals surface area contributed by atoms with Crippen LogP contribution in [0.4, 0.5) is 13.2 Å². The monoisotopic (exact) mass is 335 g/mol. The van der Waals surface area contributed by atoms with Gasteiger partial charge in [-0.25, -0.2) is 13.2 Å². The van der Waals surface area contributed by atoms with E-state index in [9.17, 15) is 18.0 Å². The van der Waals surface area contributed by atoms with Crippen LogP contribution in [0, 0.1) is 17.5 Å². The average molecular weight is 335 g/mol. The fourth-order valence-electron chi connectivity index (χ4n) is 2.42. The molecule has 1 amide bonds. The summed E-state index contributed by atoms with van der Waals surface area (Å²) in [5.74, 6) is -2.27. The molecule has 1 aliphatic carbocycles. The number of halogens is 3. The van der Waals surface area contributed by atoms with Crippen LogP contribution in [-0.4, -0.2) is 23.5 Å². The third-order valence-electron chi connectivity index (χ3n) is 3.85. The van der Waals surface area contributed by atoms with E-state index in [0.29, 0.717) is 0 Å². The first-order valence-electron chi connectivity index (χ1n) is 7.65. The molecule has 24 heavy (non-hydrogen) atoms. The van der Waals surface area contributed by atoms with Gasteiger partial charge in [-0.2, -0.15) is 0 Å². The number of benzene rings is 2. The van der Waals surface area contributed by atoms with Gasteiger partial charge in [-0.05, 0) is 31.0 Å². The Kier molecular flexibility index (Phi) is 4.74. The van der Waals surface area contributed by atoms with Crippen LogP contribution in [0.5, 0.6) is 5.75 Å². The second-order valence-electron chi connectivity index (χ2n) is 5.71. The number of rotatable bonds is 6. The molecule has 0 atom stereocenters. The van der Waals surface area contributed by atoms with E-state index in [1.165, 1.54) is 29.2 Å². The predicted molar refractivity (Wildman–Crippen MR) is 81.8 cm³/mol. The smallest absolute Gasteiger partial charge is 0.261 e. The van der Waals surface area contributed by atoms with E-state index in [1.54, 1.807) is 6.07 Å². The molecule has 0 bridgehead atoms. The lowest BCUT2D eigenvalue weighted by Gasteiger charge is -2.23. The zero-order valence-corrected chi connectivity index (χ0v) is 12.8. The van der Waals surface area contributed by atoms with Crippen LogP contribution in [-0.2, 0) is 11.3 Å². The van der Waals surface area contributed by atoms with E-state index >= 15 is 0 Å². The van der Waals surface area contributed by atoms with Gasteiger partial charge in [0.15, 0.2) is 18.2 Å². The van der Waals surface area contributed by atoms with E-state index in [-0.39, 0.29) is 36.4 Å². The van der Waals surface area contributed by atoms with Crippen molar-refractivity contribution in [1.29, 1.82) is 0 Å². The lowest BCUT2D eigenvalue weighted by Crippen LogP contribution is -2.36. The summed E-state index contributed by atoms with van der Waals surface area (Å²) in [6.45, 7) is -0.295. The average Bonchev–Trinajstić information content (AvgIpc) is 3.38. The molecule has 0 heterocycles. The van der Waals surface area contributed by atoms with Gasteiger partial charge in [0.25, 0.3) is 5.91 Å². The topological polar surface area (TPSA) is 29.5 Å². The molecule has 0 aromatic heterocycles. The Morgan fingerprint density at radius 1 is 1.08 bits per heavy atom. The maximum Gasteiger partial charge on any atom is 0.261 e. The van der Waals surface area contributed by atoms with Gasteiger partial charge in [-0.1, -0.05) is 18.2 Å². The molecule has 1 fully saturated rings. The molecule has 3 rings (SSSR count). The van der Waals surface area contributed by atoms with E-state index in [0.717, 1.165) is 25.0 Å². The first-order valence-corrected chi connectivity index (χ1v) is 7.65. The summed E-state index contributed by atoms with van der Waals surface area (Å²) in [5.41, 5.74) is 0.238. The Morgan fingerprint density at radius 2 is 1.83 bits per heavy atom. The fourth-order valence-corrected chi connectivity index (χ4v) is 2.42. The lowest BCUT2D eigenvalue weighted by atomic mass is 10.2. The Hall–Kier alpha value is -2.50. The van der Waals surface area contributed by atoms with Crippen LogP contribution in [0.1, 0.15) is 18.4 Å². The molecule has 0 unspecified atom stereocenters. The van der Waals surface area contributed by atoms with Crippen molar-refractivity contribution in [3.8, 4) is 5.75 Å². The molecular weight excluding hydrogens is 319 g/mol. The molecule has 6 heteroatoms. The Morgan fingerprint density at radius 3 is 2.50 bits per heavy atom. The zero-order valence-electron chi connectivity index (χ0n) is 12.8. The van der Waals surface area contributed by atoms with Crippen LogP contribution in [0.3, 0.4) is 0 Å². The molecule has 3 nitrogen and oxygen atoms in total. The number of hydrogen-bond donors (Lipinski definition) is 0. The molecule has 2 aromatic carbocycles. The van der Waals surface area contributed by atoms with Crippen LogP contribution in [0.2, 0.25) is 0 Å². The maximum absolute atomic E-state index is 13.8. The highest BCUT2D eigenvalue weighted by molar-refractivity contribution is 5.78. The summed E-state index contributed by atoms with van der Waals surface area (Å²) in [4.78, 5) is 13.9. The third kappa shape index (κ3) is 3.88. The Labute approximate surface area is 137 Å². The van der Waals surface area contributed by atoms with Crippen molar-refractivity contribution in [2.75, 3.05) is 6.61 Å². The largest absolute Gasteiger partial charge is 0.481 e. The zero-order chi connectivity index (χ0) is 17.1. The Balaban J connectivity index is 1.67. The van der Waals surface area contributed by atoms with Crippen molar-refractivity contribution in [2.45, 2.75) is 25.4 Å². The summed E-state index contributed by atoms with van der Waals surface area (Å²) in [6.07, 6.45) is 1.66. The summed E-state index contributed by atoms with van der Waals surface area (Å²) < 4.78 is 45.5. The van der Waals surface area contributed by atoms with Crippen molar-refractivity contribution in [2.24, 2.45) is 0 Å². The predicted octanol–water partition coefficient (Wildman–Crippen LogP) is 3.67. The van der Waals surface area contributed by atoms with Crippen LogP contribution < -0.4 is 4.74 Å². The lowest BCUT2D eigenvalue weighted by molar-refractivity contribution is -0.134. The van der Waals surface area contributed by atoms with Crippen LogP contribution >= 0.6 is 0 Å². The molecule has 0 radical (unpaired) electrons. The van der Waals surface area contributed by atoms with Gasteiger partial charge in [0.2, 0.25) is 0 Å². The van der Waals surface area contributed by atoms with E-state index in [2.05, 4.69) is 0 Å². The minimum Gasteiger partial charge on any atom is -0.481 e. The standard InChI is InChI=1S/C18H16F3NO2/c19-13-6-5-12(16(21)9-13)10-22(14-7-8-14)18(23)11-24-17-4-2-1-3-15(17)20/h1-6,9,14H,7-8,10-11H2. The van der Waals surface area contributed by atoms with Gasteiger partial charge >= 0.3 is 0 Å². The molecular formula is C18H16F3NO2. The molecule has 0 saturated heterocycles. The normalized spacial score (nSPS) is 13.6. The number of hydrogen-bond acceptors (Lipinski definition) is 2. The van der Waals surface area contributed by atoms with Crippen molar-refractivity contribution < 1.29 is 22.7 Å². The maximum atomic E-state index is 13.8. The van der Waals surface area contributed by atoms with Crippen LogP contribution in [0.15, 0.2) is 42.5 Å². The van der Waals surface area contributed by atoms with Gasteiger partial charge in [0.1, 0.15) is 11.6 Å². The van der Waals surface area contributed by atoms with Gasteiger partial charge < -0.3 is 9.64 Å². The number of amides is 1. The summed E-state index contributed by atoms with van der Waals surface area (Å²) >= 11 is 0. The molecule has 126 valence electrons. The molecule has 2 aromatic rings. The van der Waals surface area contributed by atoms with Gasteiger partial charge in [-0.15, -0.1) is 0 Å². The number of para-hydroxylation sites is 1. The number of nitrogens with zero attached hydrogens (tertiary/aromatic N) is 1. The summed E-state index contributed by atoms with van der Waals surface area (Å²) in [7, 11) is 0. The second kappa shape index (κ2) is 6.95. The van der Waals surface area contributed by atoms with E-state index < -0.39 is 17.5 Å². The van der Waals surface area contributed by atoms with Crippen molar-refractivity contribution in [1.82, 2.24) is 4.90 Å².